The number of Topliss-reactive ketones (excluding diaryl/α,β-unsaturated/α-hetero) is 1. The summed E-state index contributed by atoms with van der Waals surface area (Å²) in [5.41, 5.74) is 0. The van der Waals surface area contributed by atoms with Gasteiger partial charge in [0.15, 0.2) is 5.78 Å². The number of hydrogen-bond donors (Lipinski definition) is 0. The highest BCUT2D eigenvalue weighted by Gasteiger charge is 1.97. The van der Waals surface area contributed by atoms with Gasteiger partial charge < -0.3 is 0 Å². The zero-order valence-electron chi connectivity index (χ0n) is 5.22. The maximum Gasteiger partial charge on any atom is 0.172 e. The molecule has 0 bridgehead atoms. The molecule has 0 aliphatic heterocycles. The topological polar surface area (TPSA) is 35.5 Å². The third-order valence-electron chi connectivity index (χ3n) is 0.570. The van der Waals surface area contributed by atoms with Gasteiger partial charge in [0.2, 0.25) is 0 Å². The third kappa shape index (κ3) is 5.95. The van der Waals surface area contributed by atoms with Crippen LogP contribution >= 0.6 is 15.9 Å². The summed E-state index contributed by atoms with van der Waals surface area (Å²) in [6, 6.07) is 0. The molecular formula is C5H9BrO3. The van der Waals surface area contributed by atoms with E-state index in [9.17, 15) is 4.79 Å². The van der Waals surface area contributed by atoms with E-state index in [0.29, 0.717) is 11.9 Å². The standard InChI is InChI=1S/C5H9BrO3/c1-2-8-9-4-5(7)3-6/h2-4H2,1H3. The molecule has 3 nitrogen and oxygen atoms in total. The molecule has 0 saturated heterocycles. The van der Waals surface area contributed by atoms with Crippen molar-refractivity contribution in [1.29, 1.82) is 0 Å². The van der Waals surface area contributed by atoms with Gasteiger partial charge in [0.25, 0.3) is 0 Å². The first-order valence-corrected chi connectivity index (χ1v) is 3.75. The van der Waals surface area contributed by atoms with Crippen molar-refractivity contribution in [3.8, 4) is 0 Å². The average Bonchev–Trinajstić information content (AvgIpc) is 1.89. The average molecular weight is 197 g/mol. The molecule has 0 fully saturated rings. The van der Waals surface area contributed by atoms with E-state index in [-0.39, 0.29) is 12.4 Å². The summed E-state index contributed by atoms with van der Waals surface area (Å²) in [7, 11) is 0. The van der Waals surface area contributed by atoms with E-state index < -0.39 is 0 Å². The number of alkyl halides is 1. The zero-order chi connectivity index (χ0) is 7.11. The minimum atomic E-state index is -0.0246. The van der Waals surface area contributed by atoms with Crippen molar-refractivity contribution in [1.82, 2.24) is 0 Å². The van der Waals surface area contributed by atoms with Gasteiger partial charge in [-0.15, -0.1) is 0 Å². The molecule has 0 radical (unpaired) electrons. The first kappa shape index (κ1) is 9.07. The van der Waals surface area contributed by atoms with Crippen molar-refractivity contribution < 1.29 is 14.6 Å². The van der Waals surface area contributed by atoms with Crippen LogP contribution in [0.5, 0.6) is 0 Å². The predicted octanol–water partition coefficient (Wildman–Crippen LogP) is 0.918. The molecule has 0 aromatic heterocycles. The fourth-order valence-electron chi connectivity index (χ4n) is 0.229. The molecule has 0 aromatic carbocycles. The van der Waals surface area contributed by atoms with Crippen LogP contribution in [0.15, 0.2) is 0 Å². The summed E-state index contributed by atoms with van der Waals surface area (Å²) in [6.45, 7) is 2.28. The minimum Gasteiger partial charge on any atom is -0.296 e. The molecule has 0 unspecified atom stereocenters. The van der Waals surface area contributed by atoms with Crippen molar-refractivity contribution in [3.05, 3.63) is 0 Å². The van der Waals surface area contributed by atoms with Gasteiger partial charge in [0.05, 0.1) is 11.9 Å². The van der Waals surface area contributed by atoms with E-state index in [4.69, 9.17) is 0 Å². The SMILES string of the molecule is CCOOCC(=O)CBr. The Bertz CT molecular complexity index is 84.3. The molecule has 0 rings (SSSR count). The molecule has 9 heavy (non-hydrogen) atoms. The van der Waals surface area contributed by atoms with Gasteiger partial charge in [0.1, 0.15) is 6.61 Å². The first-order valence-electron chi connectivity index (χ1n) is 2.63. The van der Waals surface area contributed by atoms with Gasteiger partial charge in [-0.2, -0.15) is 0 Å². The Hall–Kier alpha value is 0.0700. The van der Waals surface area contributed by atoms with Crippen LogP contribution in [-0.4, -0.2) is 24.3 Å². The molecule has 0 N–H and O–H groups in total. The van der Waals surface area contributed by atoms with Crippen LogP contribution in [0.25, 0.3) is 0 Å². The fraction of sp³-hybridized carbons (Fsp3) is 0.800. The van der Waals surface area contributed by atoms with Crippen molar-refractivity contribution in [3.63, 3.8) is 0 Å². The van der Waals surface area contributed by atoms with Gasteiger partial charge in [0, 0.05) is 0 Å². The van der Waals surface area contributed by atoms with Crippen LogP contribution in [0, 0.1) is 0 Å². The van der Waals surface area contributed by atoms with E-state index in [0.717, 1.165) is 0 Å². The Balaban J connectivity index is 2.97. The number of hydrogen-bond acceptors (Lipinski definition) is 3. The van der Waals surface area contributed by atoms with Crippen molar-refractivity contribution in [2.75, 3.05) is 18.5 Å². The van der Waals surface area contributed by atoms with Gasteiger partial charge in [-0.1, -0.05) is 15.9 Å². The number of ketones is 1. The summed E-state index contributed by atoms with van der Waals surface area (Å²) in [4.78, 5) is 19.4. The number of carbonyl (C=O) groups is 1. The molecule has 0 spiro atoms. The Labute approximate surface area is 62.4 Å². The summed E-state index contributed by atoms with van der Waals surface area (Å²) in [5, 5.41) is 0.320. The van der Waals surface area contributed by atoms with Crippen molar-refractivity contribution in [2.24, 2.45) is 0 Å². The number of halogens is 1. The molecule has 0 aromatic rings. The van der Waals surface area contributed by atoms with E-state index in [1.165, 1.54) is 0 Å². The highest BCUT2D eigenvalue weighted by atomic mass is 79.9. The largest absolute Gasteiger partial charge is 0.296 e. The lowest BCUT2D eigenvalue weighted by atomic mass is 10.5. The second kappa shape index (κ2) is 6.19. The van der Waals surface area contributed by atoms with Gasteiger partial charge in [-0.25, -0.2) is 9.78 Å². The highest BCUT2D eigenvalue weighted by molar-refractivity contribution is 9.09. The summed E-state index contributed by atoms with van der Waals surface area (Å²) in [6.07, 6.45) is 0. The van der Waals surface area contributed by atoms with E-state index >= 15 is 0 Å². The first-order chi connectivity index (χ1) is 4.31. The zero-order valence-corrected chi connectivity index (χ0v) is 6.81. The monoisotopic (exact) mass is 196 g/mol. The van der Waals surface area contributed by atoms with Crippen molar-refractivity contribution >= 4 is 21.7 Å². The maximum absolute atomic E-state index is 10.4. The van der Waals surface area contributed by atoms with E-state index in [1.54, 1.807) is 6.92 Å². The second-order valence-corrected chi connectivity index (χ2v) is 1.90. The molecule has 0 heterocycles. The van der Waals surface area contributed by atoms with Gasteiger partial charge in [-0.05, 0) is 6.92 Å². The maximum atomic E-state index is 10.4. The highest BCUT2D eigenvalue weighted by Crippen LogP contribution is 1.84. The van der Waals surface area contributed by atoms with Crippen LogP contribution in [-0.2, 0) is 14.6 Å². The van der Waals surface area contributed by atoms with Crippen molar-refractivity contribution in [2.45, 2.75) is 6.92 Å². The van der Waals surface area contributed by atoms with Crippen LogP contribution < -0.4 is 0 Å². The molecule has 0 amide bonds. The van der Waals surface area contributed by atoms with Crippen LogP contribution in [0.3, 0.4) is 0 Å². The van der Waals surface area contributed by atoms with E-state index in [1.807, 2.05) is 0 Å². The lowest BCUT2D eigenvalue weighted by molar-refractivity contribution is -0.284. The lowest BCUT2D eigenvalue weighted by Gasteiger charge is -1.96. The molecule has 0 saturated carbocycles. The Morgan fingerprint density at radius 2 is 2.22 bits per heavy atom. The number of carbonyl (C=O) groups excluding carboxylic acids is 1. The van der Waals surface area contributed by atoms with Crippen LogP contribution in [0.1, 0.15) is 6.92 Å². The molecular weight excluding hydrogens is 188 g/mol. The lowest BCUT2D eigenvalue weighted by Crippen LogP contribution is -2.09. The normalized spacial score (nSPS) is 9.56. The predicted molar refractivity (Wildman–Crippen MR) is 36.4 cm³/mol. The number of rotatable bonds is 5. The third-order valence-corrected chi connectivity index (χ3v) is 1.20. The summed E-state index contributed by atoms with van der Waals surface area (Å²) >= 11 is 2.98. The Morgan fingerprint density at radius 1 is 1.56 bits per heavy atom. The fourth-order valence-corrected chi connectivity index (χ4v) is 0.391. The molecule has 0 aliphatic rings. The quantitative estimate of drug-likeness (QED) is 0.284. The smallest absolute Gasteiger partial charge is 0.172 e. The van der Waals surface area contributed by atoms with Gasteiger partial charge >= 0.3 is 0 Å². The van der Waals surface area contributed by atoms with E-state index in [2.05, 4.69) is 25.7 Å². The minimum absolute atomic E-state index is 0.0246. The Kier molecular flexibility index (Phi) is 6.24. The second-order valence-electron chi connectivity index (χ2n) is 1.34. The van der Waals surface area contributed by atoms with Crippen LogP contribution in [0.2, 0.25) is 0 Å². The molecule has 0 aliphatic carbocycles. The summed E-state index contributed by atoms with van der Waals surface area (Å²) < 4.78 is 0. The van der Waals surface area contributed by atoms with Gasteiger partial charge in [-0.3, -0.25) is 4.79 Å². The molecule has 4 heteroatoms. The Morgan fingerprint density at radius 3 is 2.67 bits per heavy atom. The molecule has 54 valence electrons. The van der Waals surface area contributed by atoms with Crippen LogP contribution in [0.4, 0.5) is 0 Å². The molecule has 0 atom stereocenters. The summed E-state index contributed by atoms with van der Waals surface area (Å²) in [5.74, 6) is -0.0246.